The van der Waals surface area contributed by atoms with Crippen LogP contribution >= 0.6 is 11.6 Å². The van der Waals surface area contributed by atoms with Crippen LogP contribution in [-0.2, 0) is 6.42 Å². The van der Waals surface area contributed by atoms with Crippen LogP contribution in [0, 0.1) is 6.92 Å². The van der Waals surface area contributed by atoms with Crippen LogP contribution in [0.1, 0.15) is 48.3 Å². The van der Waals surface area contributed by atoms with E-state index in [2.05, 4.69) is 58.8 Å². The van der Waals surface area contributed by atoms with E-state index in [0.717, 1.165) is 22.7 Å². The SMILES string of the molecule is C/C(=C\c1ccc(C)nc1)n1c2c(c3cc(Cl)ccc31)C1CCC(C2)N1C. The van der Waals surface area contributed by atoms with E-state index in [1.165, 1.54) is 40.7 Å². The normalized spacial score (nSPS) is 22.4. The fraction of sp³-hybridized carbons (Fsp3) is 0.348. The summed E-state index contributed by atoms with van der Waals surface area (Å²) in [6, 6.07) is 11.7. The van der Waals surface area contributed by atoms with Gasteiger partial charge in [-0.25, -0.2) is 0 Å². The molecule has 2 atom stereocenters. The highest BCUT2D eigenvalue weighted by atomic mass is 35.5. The maximum atomic E-state index is 6.39. The summed E-state index contributed by atoms with van der Waals surface area (Å²) in [6.45, 7) is 4.22. The van der Waals surface area contributed by atoms with E-state index >= 15 is 0 Å². The molecule has 0 N–H and O–H groups in total. The molecule has 1 fully saturated rings. The molecular formula is C23H24ClN3. The van der Waals surface area contributed by atoms with E-state index in [9.17, 15) is 0 Å². The lowest BCUT2D eigenvalue weighted by molar-refractivity contribution is 0.223. The molecule has 0 saturated carbocycles. The molecule has 27 heavy (non-hydrogen) atoms. The van der Waals surface area contributed by atoms with Crippen molar-refractivity contribution in [2.75, 3.05) is 7.05 Å². The third-order valence-corrected chi connectivity index (χ3v) is 6.57. The van der Waals surface area contributed by atoms with Crippen LogP contribution in [0.25, 0.3) is 22.7 Å². The molecule has 2 aliphatic rings. The van der Waals surface area contributed by atoms with Gasteiger partial charge in [0.25, 0.3) is 0 Å². The van der Waals surface area contributed by atoms with Crippen molar-refractivity contribution in [3.8, 4) is 0 Å². The first kappa shape index (κ1) is 17.0. The van der Waals surface area contributed by atoms with Crippen molar-refractivity contribution in [1.29, 1.82) is 0 Å². The lowest BCUT2D eigenvalue weighted by atomic mass is 9.97. The van der Waals surface area contributed by atoms with Crippen molar-refractivity contribution in [1.82, 2.24) is 14.5 Å². The summed E-state index contributed by atoms with van der Waals surface area (Å²) in [5, 5.41) is 2.12. The molecule has 138 valence electrons. The Hall–Kier alpha value is -2.10. The fourth-order valence-corrected chi connectivity index (χ4v) is 5.19. The van der Waals surface area contributed by atoms with E-state index in [1.807, 2.05) is 19.2 Å². The zero-order valence-corrected chi connectivity index (χ0v) is 16.8. The minimum atomic E-state index is 0.509. The van der Waals surface area contributed by atoms with Gasteiger partial charge in [0.1, 0.15) is 0 Å². The standard InChI is InChI=1S/C23H24ClN3/c1-14-4-5-16(13-25-14)10-15(2)27-20-8-6-17(24)11-19(20)23-21-9-7-18(26(21)3)12-22(23)27/h4-6,8,10-11,13,18,21H,7,9,12H2,1-3H3/b15-10+. The van der Waals surface area contributed by atoms with Crippen LogP contribution in [0.4, 0.5) is 0 Å². The van der Waals surface area contributed by atoms with E-state index in [1.54, 1.807) is 0 Å². The molecule has 1 saturated heterocycles. The Balaban J connectivity index is 1.73. The third-order valence-electron chi connectivity index (χ3n) is 6.34. The minimum Gasteiger partial charge on any atom is -0.317 e. The highest BCUT2D eigenvalue weighted by molar-refractivity contribution is 6.31. The summed E-state index contributed by atoms with van der Waals surface area (Å²) in [6.07, 6.45) is 7.81. The lowest BCUT2D eigenvalue weighted by Gasteiger charge is -2.32. The first-order valence-corrected chi connectivity index (χ1v) is 10.1. The summed E-state index contributed by atoms with van der Waals surface area (Å²) in [4.78, 5) is 7.01. The molecular weight excluding hydrogens is 354 g/mol. The molecule has 0 spiro atoms. The van der Waals surface area contributed by atoms with Gasteiger partial charge >= 0.3 is 0 Å². The van der Waals surface area contributed by atoms with Crippen molar-refractivity contribution in [2.24, 2.45) is 0 Å². The van der Waals surface area contributed by atoms with E-state index < -0.39 is 0 Å². The molecule has 3 aromatic rings. The van der Waals surface area contributed by atoms with Gasteiger partial charge in [-0.1, -0.05) is 17.7 Å². The van der Waals surface area contributed by atoms with Crippen molar-refractivity contribution < 1.29 is 0 Å². The van der Waals surface area contributed by atoms with Crippen molar-refractivity contribution in [2.45, 2.75) is 45.2 Å². The lowest BCUT2D eigenvalue weighted by Crippen LogP contribution is -2.34. The molecule has 2 aliphatic heterocycles. The number of likely N-dealkylation sites (N-methyl/N-ethyl adjacent to an activating group) is 1. The van der Waals surface area contributed by atoms with Gasteiger partial charge in [-0.2, -0.15) is 0 Å². The van der Waals surface area contributed by atoms with Crippen LogP contribution < -0.4 is 0 Å². The molecule has 2 unspecified atom stereocenters. The van der Waals surface area contributed by atoms with Gasteiger partial charge < -0.3 is 4.57 Å². The van der Waals surface area contributed by atoms with Crippen LogP contribution in [0.3, 0.4) is 0 Å². The predicted molar refractivity (Wildman–Crippen MR) is 113 cm³/mol. The molecule has 1 aromatic carbocycles. The number of aryl methyl sites for hydroxylation is 1. The molecule has 0 amide bonds. The molecule has 4 heterocycles. The molecule has 5 rings (SSSR count). The number of nitrogens with zero attached hydrogens (tertiary/aromatic N) is 3. The summed E-state index contributed by atoms with van der Waals surface area (Å²) in [5.74, 6) is 0. The summed E-state index contributed by atoms with van der Waals surface area (Å²) in [7, 11) is 2.28. The smallest absolute Gasteiger partial charge is 0.0532 e. The first-order valence-electron chi connectivity index (χ1n) is 9.69. The van der Waals surface area contributed by atoms with Gasteiger partial charge in [0.15, 0.2) is 0 Å². The number of hydrogen-bond acceptors (Lipinski definition) is 2. The largest absolute Gasteiger partial charge is 0.317 e. The predicted octanol–water partition coefficient (Wildman–Crippen LogP) is 5.71. The maximum absolute atomic E-state index is 6.39. The zero-order valence-electron chi connectivity index (χ0n) is 16.0. The Morgan fingerprint density at radius 1 is 1.22 bits per heavy atom. The number of fused-ring (bicyclic) bond motifs is 6. The molecule has 4 heteroatoms. The highest BCUT2D eigenvalue weighted by Crippen LogP contribution is 2.48. The second-order valence-electron chi connectivity index (χ2n) is 7.99. The number of aromatic nitrogens is 2. The molecule has 3 nitrogen and oxygen atoms in total. The Labute approximate surface area is 165 Å². The topological polar surface area (TPSA) is 21.1 Å². The van der Waals surface area contributed by atoms with Gasteiger partial charge in [0.05, 0.1) is 5.52 Å². The summed E-state index contributed by atoms with van der Waals surface area (Å²) < 4.78 is 2.46. The van der Waals surface area contributed by atoms with Gasteiger partial charge in [-0.15, -0.1) is 0 Å². The molecule has 0 aliphatic carbocycles. The second-order valence-corrected chi connectivity index (χ2v) is 8.43. The highest BCUT2D eigenvalue weighted by Gasteiger charge is 2.40. The minimum absolute atomic E-state index is 0.509. The second kappa shape index (κ2) is 6.22. The van der Waals surface area contributed by atoms with Crippen LogP contribution in [0.15, 0.2) is 36.5 Å². The zero-order chi connectivity index (χ0) is 18.7. The average Bonchev–Trinajstić information content (AvgIpc) is 3.07. The number of hydrogen-bond donors (Lipinski definition) is 0. The Kier molecular flexibility index (Phi) is 3.92. The van der Waals surface area contributed by atoms with Gasteiger partial charge in [-0.3, -0.25) is 9.88 Å². The van der Waals surface area contributed by atoms with E-state index in [-0.39, 0.29) is 0 Å². The summed E-state index contributed by atoms with van der Waals surface area (Å²) >= 11 is 6.39. The number of pyridine rings is 1. The van der Waals surface area contributed by atoms with Gasteiger partial charge in [0.2, 0.25) is 0 Å². The van der Waals surface area contributed by atoms with Crippen LogP contribution in [-0.4, -0.2) is 27.5 Å². The Morgan fingerprint density at radius 2 is 2.07 bits per heavy atom. The monoisotopic (exact) mass is 377 g/mol. The van der Waals surface area contributed by atoms with Crippen molar-refractivity contribution in [3.63, 3.8) is 0 Å². The maximum Gasteiger partial charge on any atom is 0.0532 e. The third kappa shape index (κ3) is 2.64. The molecule has 2 aromatic heterocycles. The molecule has 0 radical (unpaired) electrons. The number of halogens is 1. The van der Waals surface area contributed by atoms with Crippen LogP contribution in [0.2, 0.25) is 5.02 Å². The Bertz CT molecular complexity index is 1060. The average molecular weight is 378 g/mol. The summed E-state index contributed by atoms with van der Waals surface area (Å²) in [5.41, 5.74) is 7.63. The number of allylic oxidation sites excluding steroid dienone is 1. The van der Waals surface area contributed by atoms with E-state index in [0.29, 0.717) is 12.1 Å². The van der Waals surface area contributed by atoms with E-state index in [4.69, 9.17) is 11.6 Å². The Morgan fingerprint density at radius 3 is 2.85 bits per heavy atom. The van der Waals surface area contributed by atoms with Crippen molar-refractivity contribution in [3.05, 3.63) is 64.1 Å². The first-order chi connectivity index (χ1) is 13.0. The van der Waals surface area contributed by atoms with Crippen molar-refractivity contribution >= 4 is 34.3 Å². The van der Waals surface area contributed by atoms with Gasteiger partial charge in [0, 0.05) is 52.2 Å². The number of benzene rings is 1. The molecule has 2 bridgehead atoms. The van der Waals surface area contributed by atoms with Crippen LogP contribution in [0.5, 0.6) is 0 Å². The quantitative estimate of drug-likeness (QED) is 0.570. The van der Waals surface area contributed by atoms with Gasteiger partial charge in [-0.05, 0) is 75.2 Å². The number of rotatable bonds is 2. The fourth-order valence-electron chi connectivity index (χ4n) is 5.02.